The maximum atomic E-state index is 14.3. The molecule has 2 heterocycles. The second-order valence-corrected chi connectivity index (χ2v) is 9.67. The highest BCUT2D eigenvalue weighted by Crippen LogP contribution is 2.34. The molecule has 11 heteroatoms. The van der Waals surface area contributed by atoms with Gasteiger partial charge in [0.2, 0.25) is 0 Å². The standard InChI is InChI=1S/C27H26F4N5OP/c1-35-8-10-36(11-9-35)16-20-4-6-21(14-22(20)27(29,30)31)34-26(37)19-5-7-23(28)18(13-19)3-2-17-12-24(38)25(32)33-15-17/h4-7,12-15H,8-11,16,38H2,1H3,(H2,32,33)(H,34,37). The van der Waals surface area contributed by atoms with E-state index in [2.05, 4.69) is 36.3 Å². The number of nitrogens with zero attached hydrogens (tertiary/aromatic N) is 3. The zero-order valence-electron chi connectivity index (χ0n) is 20.6. The number of amides is 1. The lowest BCUT2D eigenvalue weighted by atomic mass is 10.0. The number of benzene rings is 2. The first-order valence-electron chi connectivity index (χ1n) is 11.7. The molecule has 3 aromatic rings. The van der Waals surface area contributed by atoms with Gasteiger partial charge >= 0.3 is 6.18 Å². The van der Waals surface area contributed by atoms with Crippen molar-refractivity contribution in [2.45, 2.75) is 12.7 Å². The first-order chi connectivity index (χ1) is 18.0. The van der Waals surface area contributed by atoms with E-state index in [4.69, 9.17) is 5.73 Å². The summed E-state index contributed by atoms with van der Waals surface area (Å²) in [6, 6.07) is 9.00. The summed E-state index contributed by atoms with van der Waals surface area (Å²) < 4.78 is 55.9. The number of carbonyl (C=O) groups is 1. The molecule has 3 N–H and O–H groups in total. The van der Waals surface area contributed by atoms with Crippen LogP contribution in [0.3, 0.4) is 0 Å². The van der Waals surface area contributed by atoms with Crippen LogP contribution in [0.4, 0.5) is 29.1 Å². The third kappa shape index (κ3) is 6.87. The maximum Gasteiger partial charge on any atom is 0.416 e. The van der Waals surface area contributed by atoms with Gasteiger partial charge in [-0.15, -0.1) is 9.24 Å². The Morgan fingerprint density at radius 3 is 2.53 bits per heavy atom. The van der Waals surface area contributed by atoms with Gasteiger partial charge in [-0.3, -0.25) is 9.69 Å². The molecular weight excluding hydrogens is 517 g/mol. The van der Waals surface area contributed by atoms with E-state index in [9.17, 15) is 22.4 Å². The number of nitrogens with one attached hydrogen (secondary N) is 1. The van der Waals surface area contributed by atoms with Crippen molar-refractivity contribution in [3.63, 3.8) is 0 Å². The summed E-state index contributed by atoms with van der Waals surface area (Å²) in [4.78, 5) is 20.9. The number of piperazine rings is 1. The van der Waals surface area contributed by atoms with Crippen LogP contribution in [-0.2, 0) is 12.7 Å². The van der Waals surface area contributed by atoms with E-state index in [-0.39, 0.29) is 28.9 Å². The number of aromatic nitrogens is 1. The highest BCUT2D eigenvalue weighted by molar-refractivity contribution is 7.28. The van der Waals surface area contributed by atoms with Gasteiger partial charge in [0.05, 0.1) is 11.1 Å². The Morgan fingerprint density at radius 1 is 1.11 bits per heavy atom. The van der Waals surface area contributed by atoms with Crippen molar-refractivity contribution in [2.75, 3.05) is 44.3 Å². The third-order valence-corrected chi connectivity index (χ3v) is 6.64. The van der Waals surface area contributed by atoms with Crippen molar-refractivity contribution in [2.24, 2.45) is 0 Å². The number of likely N-dealkylation sites (N-methyl/N-ethyl adjacent to an activating group) is 1. The highest BCUT2D eigenvalue weighted by Gasteiger charge is 2.34. The van der Waals surface area contributed by atoms with Crippen LogP contribution in [0.25, 0.3) is 0 Å². The quantitative estimate of drug-likeness (QED) is 0.298. The molecule has 1 fully saturated rings. The van der Waals surface area contributed by atoms with E-state index in [1.165, 1.54) is 30.5 Å². The van der Waals surface area contributed by atoms with E-state index >= 15 is 0 Å². The summed E-state index contributed by atoms with van der Waals surface area (Å²) in [6.07, 6.45) is -3.15. The Labute approximate surface area is 220 Å². The Morgan fingerprint density at radius 2 is 1.84 bits per heavy atom. The maximum absolute atomic E-state index is 14.3. The van der Waals surface area contributed by atoms with Crippen molar-refractivity contribution >= 4 is 32.0 Å². The molecule has 1 aliphatic rings. The van der Waals surface area contributed by atoms with Crippen LogP contribution >= 0.6 is 9.24 Å². The van der Waals surface area contributed by atoms with Crippen molar-refractivity contribution in [1.82, 2.24) is 14.8 Å². The zero-order valence-corrected chi connectivity index (χ0v) is 21.7. The van der Waals surface area contributed by atoms with E-state index < -0.39 is 23.5 Å². The second kappa shape index (κ2) is 11.5. The van der Waals surface area contributed by atoms with Gasteiger partial charge in [0, 0.05) is 61.0 Å². The summed E-state index contributed by atoms with van der Waals surface area (Å²) >= 11 is 0. The fourth-order valence-electron chi connectivity index (χ4n) is 3.97. The van der Waals surface area contributed by atoms with Crippen LogP contribution < -0.4 is 16.4 Å². The number of pyridine rings is 1. The lowest BCUT2D eigenvalue weighted by Gasteiger charge is -2.33. The van der Waals surface area contributed by atoms with E-state index in [1.807, 2.05) is 11.9 Å². The number of nitrogen functional groups attached to an aromatic ring is 1. The van der Waals surface area contributed by atoms with Gasteiger partial charge in [-0.2, -0.15) is 13.2 Å². The fourth-order valence-corrected chi connectivity index (χ4v) is 4.22. The van der Waals surface area contributed by atoms with Gasteiger partial charge in [-0.1, -0.05) is 17.9 Å². The number of halogens is 4. The molecule has 1 unspecified atom stereocenters. The van der Waals surface area contributed by atoms with Gasteiger partial charge in [0.25, 0.3) is 5.91 Å². The minimum Gasteiger partial charge on any atom is -0.383 e. The van der Waals surface area contributed by atoms with E-state index in [1.54, 1.807) is 6.07 Å². The smallest absolute Gasteiger partial charge is 0.383 e. The summed E-state index contributed by atoms with van der Waals surface area (Å²) in [5, 5.41) is 3.12. The largest absolute Gasteiger partial charge is 0.416 e. The van der Waals surface area contributed by atoms with Gasteiger partial charge in [0.15, 0.2) is 0 Å². The fraction of sp³-hybridized carbons (Fsp3) is 0.259. The Balaban J connectivity index is 1.53. The number of alkyl halides is 3. The SMILES string of the molecule is CN1CCN(Cc2ccc(NC(=O)c3ccc(F)c(C#Cc4cnc(N)c(P)c4)c3)cc2C(F)(F)F)CC1. The molecular formula is C27H26F4N5OP. The predicted molar refractivity (Wildman–Crippen MR) is 143 cm³/mol. The number of carbonyl (C=O) groups excluding carboxylic acids is 1. The molecule has 1 saturated heterocycles. The first kappa shape index (κ1) is 27.5. The second-order valence-electron chi connectivity index (χ2n) is 9.05. The van der Waals surface area contributed by atoms with Crippen LogP contribution in [0.15, 0.2) is 48.7 Å². The number of anilines is 2. The first-order valence-corrected chi connectivity index (χ1v) is 12.3. The van der Waals surface area contributed by atoms with Crippen LogP contribution in [0.1, 0.15) is 32.6 Å². The van der Waals surface area contributed by atoms with Gasteiger partial charge in [0.1, 0.15) is 11.6 Å². The molecule has 0 saturated carbocycles. The third-order valence-electron chi connectivity index (χ3n) is 6.18. The van der Waals surface area contributed by atoms with Crippen molar-refractivity contribution in [1.29, 1.82) is 0 Å². The van der Waals surface area contributed by atoms with E-state index in [0.717, 1.165) is 25.2 Å². The minimum absolute atomic E-state index is 0.0117. The molecule has 0 bridgehead atoms. The molecule has 4 rings (SSSR count). The topological polar surface area (TPSA) is 74.5 Å². The predicted octanol–water partition coefficient (Wildman–Crippen LogP) is 3.72. The molecule has 38 heavy (non-hydrogen) atoms. The molecule has 198 valence electrons. The highest BCUT2D eigenvalue weighted by atomic mass is 31.0. The molecule has 1 aliphatic heterocycles. The summed E-state index contributed by atoms with van der Waals surface area (Å²) in [7, 11) is 4.40. The molecule has 1 aromatic heterocycles. The Hall–Kier alpha value is -3.51. The van der Waals surface area contributed by atoms with Crippen LogP contribution in [0.5, 0.6) is 0 Å². The molecule has 2 aromatic carbocycles. The molecule has 1 amide bonds. The minimum atomic E-state index is -4.59. The number of hydrogen-bond donors (Lipinski definition) is 2. The molecule has 0 aliphatic carbocycles. The van der Waals surface area contributed by atoms with Gasteiger partial charge in [-0.05, 0) is 49.0 Å². The normalized spacial score (nSPS) is 14.6. The van der Waals surface area contributed by atoms with E-state index in [0.29, 0.717) is 29.8 Å². The average Bonchev–Trinajstić information content (AvgIpc) is 2.87. The lowest BCUT2D eigenvalue weighted by molar-refractivity contribution is -0.138. The number of nitrogens with two attached hydrogens (primary N) is 1. The summed E-state index contributed by atoms with van der Waals surface area (Å²) in [5.41, 5.74) is 5.51. The summed E-state index contributed by atoms with van der Waals surface area (Å²) in [5.74, 6) is 4.43. The average molecular weight is 544 g/mol. The Bertz CT molecular complexity index is 1410. The summed E-state index contributed by atoms with van der Waals surface area (Å²) in [6.45, 7) is 3.09. The van der Waals surface area contributed by atoms with Gasteiger partial charge in [-0.25, -0.2) is 9.37 Å². The van der Waals surface area contributed by atoms with Crippen molar-refractivity contribution in [3.05, 3.63) is 82.3 Å². The van der Waals surface area contributed by atoms with Crippen molar-refractivity contribution in [3.8, 4) is 11.8 Å². The monoisotopic (exact) mass is 543 g/mol. The zero-order chi connectivity index (χ0) is 27.4. The Kier molecular flexibility index (Phi) is 8.32. The van der Waals surface area contributed by atoms with Crippen LogP contribution in [0.2, 0.25) is 0 Å². The van der Waals surface area contributed by atoms with Crippen molar-refractivity contribution < 1.29 is 22.4 Å². The van der Waals surface area contributed by atoms with Crippen LogP contribution in [0, 0.1) is 17.7 Å². The molecule has 6 nitrogen and oxygen atoms in total. The lowest BCUT2D eigenvalue weighted by Crippen LogP contribution is -2.44. The molecule has 0 radical (unpaired) electrons. The number of rotatable bonds is 4. The molecule has 0 spiro atoms. The molecule has 1 atom stereocenters. The number of hydrogen-bond acceptors (Lipinski definition) is 5. The van der Waals surface area contributed by atoms with Crippen LogP contribution in [-0.4, -0.2) is 53.9 Å². The van der Waals surface area contributed by atoms with Gasteiger partial charge < -0.3 is 16.0 Å².